The average Bonchev–Trinajstić information content (AvgIpc) is 2.93. The monoisotopic (exact) mass is 346 g/mol. The summed E-state index contributed by atoms with van der Waals surface area (Å²) >= 11 is 0. The van der Waals surface area contributed by atoms with Crippen molar-refractivity contribution in [2.75, 3.05) is 13.1 Å². The van der Waals surface area contributed by atoms with E-state index in [1.807, 2.05) is 12.2 Å². The maximum Gasteiger partial charge on any atom is 0.268 e. The number of likely N-dealkylation sites (tertiary alicyclic amines) is 1. The van der Waals surface area contributed by atoms with Gasteiger partial charge in [0, 0.05) is 23.4 Å². The number of carbonyl (C=O) groups excluding carboxylic acids is 2. The van der Waals surface area contributed by atoms with Crippen LogP contribution in [0.5, 0.6) is 0 Å². The van der Waals surface area contributed by atoms with Crippen LogP contribution < -0.4 is 15.9 Å². The van der Waals surface area contributed by atoms with Gasteiger partial charge in [0.2, 0.25) is 5.91 Å². The number of pyridine rings is 1. The first-order chi connectivity index (χ1) is 11.9. The number of alkyl halides is 2. The van der Waals surface area contributed by atoms with Gasteiger partial charge in [-0.15, -0.1) is 0 Å². The van der Waals surface area contributed by atoms with E-state index in [9.17, 15) is 18.4 Å². The van der Waals surface area contributed by atoms with E-state index < -0.39 is 43.3 Å². The zero-order valence-corrected chi connectivity index (χ0v) is 13.3. The fraction of sp³-hybridized carbons (Fsp3) is 0.412. The van der Waals surface area contributed by atoms with E-state index in [2.05, 4.69) is 10.3 Å². The SMILES string of the molecule is N#CC1CC(F)(F)CN1C(=O)CNC(=O)c1ccnc2c1=CCCC=2. The molecule has 0 radical (unpaired) electrons. The van der Waals surface area contributed by atoms with Crippen molar-refractivity contribution in [3.8, 4) is 6.07 Å². The van der Waals surface area contributed by atoms with E-state index >= 15 is 0 Å². The number of halogens is 2. The lowest BCUT2D eigenvalue weighted by molar-refractivity contribution is -0.131. The van der Waals surface area contributed by atoms with E-state index in [0.717, 1.165) is 17.7 Å². The second-order valence-corrected chi connectivity index (χ2v) is 6.05. The number of fused-ring (bicyclic) bond motifs is 1. The van der Waals surface area contributed by atoms with Crippen LogP contribution in [0.4, 0.5) is 8.78 Å². The molecule has 0 saturated carbocycles. The van der Waals surface area contributed by atoms with E-state index in [1.165, 1.54) is 6.20 Å². The second-order valence-electron chi connectivity index (χ2n) is 6.05. The molecule has 1 aliphatic heterocycles. The van der Waals surface area contributed by atoms with Crippen LogP contribution >= 0.6 is 0 Å². The highest BCUT2D eigenvalue weighted by molar-refractivity contribution is 5.96. The summed E-state index contributed by atoms with van der Waals surface area (Å²) in [4.78, 5) is 29.5. The van der Waals surface area contributed by atoms with Gasteiger partial charge in [-0.2, -0.15) is 5.26 Å². The summed E-state index contributed by atoms with van der Waals surface area (Å²) in [6, 6.07) is 2.09. The number of amides is 2. The highest BCUT2D eigenvalue weighted by Crippen LogP contribution is 2.31. The van der Waals surface area contributed by atoms with Gasteiger partial charge in [-0.1, -0.05) is 12.2 Å². The topological polar surface area (TPSA) is 86.1 Å². The van der Waals surface area contributed by atoms with Crippen molar-refractivity contribution in [1.82, 2.24) is 15.2 Å². The standard InChI is InChI=1S/C17H16F2N4O2/c18-17(19)7-11(8-20)23(10-17)15(24)9-22-16(25)13-5-6-21-14-4-2-1-3-12(13)14/h3-6,11H,1-2,7,9-10H2,(H,22,25). The Morgan fingerprint density at radius 3 is 2.92 bits per heavy atom. The summed E-state index contributed by atoms with van der Waals surface area (Å²) in [6.07, 6.45) is 6.32. The lowest BCUT2D eigenvalue weighted by Gasteiger charge is -2.19. The molecule has 1 atom stereocenters. The molecule has 1 unspecified atom stereocenters. The number of nitriles is 1. The van der Waals surface area contributed by atoms with Gasteiger partial charge in [-0.25, -0.2) is 8.78 Å². The minimum Gasteiger partial charge on any atom is -0.343 e. The number of aromatic nitrogens is 1. The quantitative estimate of drug-likeness (QED) is 0.830. The lowest BCUT2D eigenvalue weighted by atomic mass is 10.1. The Hall–Kier alpha value is -2.82. The summed E-state index contributed by atoms with van der Waals surface area (Å²) in [7, 11) is 0. The maximum atomic E-state index is 13.4. The Morgan fingerprint density at radius 1 is 1.40 bits per heavy atom. The van der Waals surface area contributed by atoms with Crippen molar-refractivity contribution in [3.05, 3.63) is 28.4 Å². The molecule has 8 heteroatoms. The highest BCUT2D eigenvalue weighted by atomic mass is 19.3. The van der Waals surface area contributed by atoms with Gasteiger partial charge in [0.05, 0.1) is 24.5 Å². The first kappa shape index (κ1) is 17.0. The summed E-state index contributed by atoms with van der Waals surface area (Å²) in [5, 5.41) is 12.8. The fourth-order valence-electron chi connectivity index (χ4n) is 3.06. The molecule has 1 fully saturated rings. The molecule has 25 heavy (non-hydrogen) atoms. The molecule has 1 saturated heterocycles. The van der Waals surface area contributed by atoms with Crippen molar-refractivity contribution in [3.63, 3.8) is 0 Å². The van der Waals surface area contributed by atoms with Crippen LogP contribution in [0.25, 0.3) is 12.2 Å². The molecular weight excluding hydrogens is 330 g/mol. The summed E-state index contributed by atoms with van der Waals surface area (Å²) < 4.78 is 26.8. The molecule has 6 nitrogen and oxygen atoms in total. The Labute approximate surface area is 142 Å². The van der Waals surface area contributed by atoms with Crippen LogP contribution in [0.3, 0.4) is 0 Å². The van der Waals surface area contributed by atoms with Gasteiger partial charge < -0.3 is 10.2 Å². The molecule has 0 spiro atoms. The van der Waals surface area contributed by atoms with Gasteiger partial charge in [0.1, 0.15) is 6.04 Å². The Kier molecular flexibility index (Phi) is 4.49. The molecule has 1 aliphatic carbocycles. The minimum atomic E-state index is -3.07. The average molecular weight is 346 g/mol. The van der Waals surface area contributed by atoms with Crippen LogP contribution in [-0.2, 0) is 4.79 Å². The van der Waals surface area contributed by atoms with E-state index in [0.29, 0.717) is 16.1 Å². The number of hydrogen-bond donors (Lipinski definition) is 1. The van der Waals surface area contributed by atoms with Crippen LogP contribution in [0.15, 0.2) is 12.3 Å². The van der Waals surface area contributed by atoms with Crippen molar-refractivity contribution in [2.45, 2.75) is 31.2 Å². The Bertz CT molecular complexity index is 876. The van der Waals surface area contributed by atoms with Crippen molar-refractivity contribution in [2.24, 2.45) is 0 Å². The van der Waals surface area contributed by atoms with Crippen LogP contribution in [0.1, 0.15) is 29.6 Å². The molecule has 3 rings (SSSR count). The summed E-state index contributed by atoms with van der Waals surface area (Å²) in [6.45, 7) is -1.23. The Morgan fingerprint density at radius 2 is 2.16 bits per heavy atom. The molecule has 2 amide bonds. The zero-order chi connectivity index (χ0) is 18.0. The molecule has 2 aliphatic rings. The normalized spacial score (nSPS) is 20.7. The van der Waals surface area contributed by atoms with E-state index in [-0.39, 0.29) is 0 Å². The minimum absolute atomic E-state index is 0.386. The molecule has 1 N–H and O–H groups in total. The predicted octanol–water partition coefficient (Wildman–Crippen LogP) is -0.0740. The first-order valence-corrected chi connectivity index (χ1v) is 7.92. The van der Waals surface area contributed by atoms with E-state index in [1.54, 1.807) is 12.1 Å². The van der Waals surface area contributed by atoms with Crippen molar-refractivity contribution >= 4 is 24.0 Å². The number of nitrogens with one attached hydrogen (secondary N) is 1. The molecule has 0 aromatic carbocycles. The van der Waals surface area contributed by atoms with Crippen molar-refractivity contribution < 1.29 is 18.4 Å². The maximum absolute atomic E-state index is 13.4. The molecule has 1 aromatic heterocycles. The van der Waals surface area contributed by atoms with Gasteiger partial charge in [-0.05, 0) is 18.9 Å². The number of hydrogen-bond acceptors (Lipinski definition) is 4. The third-order valence-corrected chi connectivity index (χ3v) is 4.26. The first-order valence-electron chi connectivity index (χ1n) is 7.92. The summed E-state index contributed by atoms with van der Waals surface area (Å²) in [5.41, 5.74) is 0.386. The second kappa shape index (κ2) is 6.59. The number of rotatable bonds is 3. The van der Waals surface area contributed by atoms with Gasteiger partial charge >= 0.3 is 0 Å². The van der Waals surface area contributed by atoms with Crippen LogP contribution in [0.2, 0.25) is 0 Å². The third kappa shape index (κ3) is 3.50. The van der Waals surface area contributed by atoms with Gasteiger partial charge in [0.15, 0.2) is 0 Å². The smallest absolute Gasteiger partial charge is 0.268 e. The fourth-order valence-corrected chi connectivity index (χ4v) is 3.06. The molecule has 130 valence electrons. The summed E-state index contributed by atoms with van der Waals surface area (Å²) in [5.74, 6) is -4.25. The van der Waals surface area contributed by atoms with E-state index in [4.69, 9.17) is 5.26 Å². The number of carbonyl (C=O) groups is 2. The third-order valence-electron chi connectivity index (χ3n) is 4.26. The van der Waals surface area contributed by atoms with Gasteiger partial charge in [0.25, 0.3) is 11.8 Å². The van der Waals surface area contributed by atoms with Gasteiger partial charge in [-0.3, -0.25) is 14.6 Å². The van der Waals surface area contributed by atoms with Crippen molar-refractivity contribution in [1.29, 1.82) is 5.26 Å². The number of nitrogens with zero attached hydrogens (tertiary/aromatic N) is 3. The predicted molar refractivity (Wildman–Crippen MR) is 84.7 cm³/mol. The zero-order valence-electron chi connectivity index (χ0n) is 13.3. The molecule has 0 bridgehead atoms. The molecular formula is C17H16F2N4O2. The van der Waals surface area contributed by atoms with Crippen LogP contribution in [0, 0.1) is 11.3 Å². The molecule has 1 aromatic rings. The highest BCUT2D eigenvalue weighted by Gasteiger charge is 2.47. The largest absolute Gasteiger partial charge is 0.343 e. The van der Waals surface area contributed by atoms with Crippen LogP contribution in [-0.4, -0.2) is 46.8 Å². The Balaban J connectivity index is 1.70. The lowest BCUT2D eigenvalue weighted by Crippen LogP contribution is -2.44. The molecule has 2 heterocycles.